The molecule has 0 aromatic carbocycles. The Morgan fingerprint density at radius 3 is 2.33 bits per heavy atom. The molecule has 1 unspecified atom stereocenters. The molecule has 0 fully saturated rings. The Kier molecular flexibility index (Phi) is 5.93. The first-order valence-electron chi connectivity index (χ1n) is 4.87. The summed E-state index contributed by atoms with van der Waals surface area (Å²) in [5, 5.41) is 8.51. The normalized spacial score (nSPS) is 14.1. The van der Waals surface area contributed by atoms with Crippen molar-refractivity contribution < 1.29 is 24.2 Å². The average molecular weight is 218 g/mol. The number of aliphatic hydroxyl groups excluding tert-OH is 1. The van der Waals surface area contributed by atoms with Gasteiger partial charge in [-0.3, -0.25) is 9.59 Å². The van der Waals surface area contributed by atoms with E-state index in [4.69, 9.17) is 14.6 Å². The molecular formula is C10H18O5. The number of hydrogen-bond donors (Lipinski definition) is 1. The Balaban J connectivity index is 4.27. The second kappa shape index (κ2) is 6.40. The van der Waals surface area contributed by atoms with E-state index < -0.39 is 17.4 Å². The van der Waals surface area contributed by atoms with Crippen LogP contribution in [0.15, 0.2) is 0 Å². The lowest BCUT2D eigenvalue weighted by atomic mass is 9.89. The van der Waals surface area contributed by atoms with Crippen LogP contribution in [0, 0.1) is 5.41 Å². The first-order chi connectivity index (χ1) is 6.96. The maximum Gasteiger partial charge on any atom is 0.315 e. The highest BCUT2D eigenvalue weighted by molar-refractivity contribution is 5.77. The summed E-state index contributed by atoms with van der Waals surface area (Å²) in [6.07, 6.45) is 0.505. The largest absolute Gasteiger partial charge is 0.465 e. The fourth-order valence-corrected chi connectivity index (χ4v) is 0.879. The number of esters is 2. The van der Waals surface area contributed by atoms with Crippen molar-refractivity contribution in [2.24, 2.45) is 5.41 Å². The van der Waals surface area contributed by atoms with E-state index in [0.29, 0.717) is 6.42 Å². The van der Waals surface area contributed by atoms with E-state index in [1.54, 1.807) is 6.92 Å². The molecule has 1 N–H and O–H groups in total. The first-order valence-corrected chi connectivity index (χ1v) is 4.87. The highest BCUT2D eigenvalue weighted by Crippen LogP contribution is 2.23. The molecule has 1 atom stereocenters. The molecule has 0 aliphatic heterocycles. The summed E-state index contributed by atoms with van der Waals surface area (Å²) in [6.45, 7) is 4.52. The number of rotatable bonds is 6. The van der Waals surface area contributed by atoms with Crippen LogP contribution >= 0.6 is 0 Å². The van der Waals surface area contributed by atoms with E-state index in [1.165, 1.54) is 6.92 Å². The van der Waals surface area contributed by atoms with Crippen molar-refractivity contribution in [3.63, 3.8) is 0 Å². The quantitative estimate of drug-likeness (QED) is 0.657. The number of hydrogen-bond acceptors (Lipinski definition) is 5. The van der Waals surface area contributed by atoms with Crippen LogP contribution in [-0.2, 0) is 19.1 Å². The van der Waals surface area contributed by atoms with Crippen LogP contribution in [0.4, 0.5) is 0 Å². The molecule has 0 radical (unpaired) electrons. The first kappa shape index (κ1) is 13.9. The molecule has 0 aromatic rings. The van der Waals surface area contributed by atoms with Gasteiger partial charge in [0.05, 0.1) is 12.0 Å². The Morgan fingerprint density at radius 2 is 1.93 bits per heavy atom. The second-order valence-corrected chi connectivity index (χ2v) is 3.55. The third kappa shape index (κ3) is 4.78. The van der Waals surface area contributed by atoms with E-state index in [2.05, 4.69) is 0 Å². The Bertz CT molecular complexity index is 226. The van der Waals surface area contributed by atoms with E-state index in [0.717, 1.165) is 0 Å². The summed E-state index contributed by atoms with van der Waals surface area (Å²) in [6, 6.07) is 0. The van der Waals surface area contributed by atoms with Crippen molar-refractivity contribution in [2.45, 2.75) is 27.2 Å². The second-order valence-electron chi connectivity index (χ2n) is 3.55. The molecule has 0 heterocycles. The van der Waals surface area contributed by atoms with Gasteiger partial charge in [0.15, 0.2) is 0 Å². The van der Waals surface area contributed by atoms with Gasteiger partial charge in [-0.2, -0.15) is 0 Å². The zero-order chi connectivity index (χ0) is 11.9. The van der Waals surface area contributed by atoms with Gasteiger partial charge in [0.2, 0.25) is 0 Å². The Hall–Kier alpha value is -1.10. The third-order valence-electron chi connectivity index (χ3n) is 2.19. The van der Waals surface area contributed by atoms with E-state index in [-0.39, 0.29) is 19.8 Å². The molecule has 0 saturated carbocycles. The number of carbonyl (C=O) groups is 2. The summed E-state index contributed by atoms with van der Waals surface area (Å²) >= 11 is 0. The number of aliphatic hydroxyl groups is 1. The maximum absolute atomic E-state index is 11.5. The summed E-state index contributed by atoms with van der Waals surface area (Å²) in [5.74, 6) is -0.884. The molecule has 15 heavy (non-hydrogen) atoms. The van der Waals surface area contributed by atoms with E-state index >= 15 is 0 Å². The van der Waals surface area contributed by atoms with Crippen molar-refractivity contribution in [2.75, 3.05) is 19.8 Å². The predicted octanol–water partition coefficient (Wildman–Crippen LogP) is 0.501. The van der Waals surface area contributed by atoms with Gasteiger partial charge < -0.3 is 14.6 Å². The zero-order valence-electron chi connectivity index (χ0n) is 9.41. The van der Waals surface area contributed by atoms with Gasteiger partial charge in [-0.15, -0.1) is 0 Å². The molecule has 0 amide bonds. The lowest BCUT2D eigenvalue weighted by Crippen LogP contribution is -2.35. The molecule has 0 saturated heterocycles. The molecule has 5 heteroatoms. The molecule has 5 nitrogen and oxygen atoms in total. The summed E-state index contributed by atoms with van der Waals surface area (Å²) in [4.78, 5) is 22.2. The number of ether oxygens (including phenoxy) is 2. The third-order valence-corrected chi connectivity index (χ3v) is 2.19. The van der Waals surface area contributed by atoms with Gasteiger partial charge in [-0.05, 0) is 13.3 Å². The van der Waals surface area contributed by atoms with Gasteiger partial charge in [-0.25, -0.2) is 0 Å². The van der Waals surface area contributed by atoms with Crippen molar-refractivity contribution >= 4 is 11.9 Å². The SMILES string of the molecule is CCC(C)(COC(C)=O)C(=O)OCCO. The van der Waals surface area contributed by atoms with Crippen molar-refractivity contribution in [1.82, 2.24) is 0 Å². The maximum atomic E-state index is 11.5. The lowest BCUT2D eigenvalue weighted by molar-refractivity contribution is -0.163. The molecular weight excluding hydrogens is 200 g/mol. The Labute approximate surface area is 89.4 Å². The molecule has 0 aromatic heterocycles. The summed E-state index contributed by atoms with van der Waals surface area (Å²) in [5.41, 5.74) is -0.832. The van der Waals surface area contributed by atoms with Gasteiger partial charge in [0, 0.05) is 6.92 Å². The van der Waals surface area contributed by atoms with E-state index in [9.17, 15) is 9.59 Å². The van der Waals surface area contributed by atoms with Crippen molar-refractivity contribution in [1.29, 1.82) is 0 Å². The fourth-order valence-electron chi connectivity index (χ4n) is 0.879. The predicted molar refractivity (Wildman–Crippen MR) is 53.1 cm³/mol. The van der Waals surface area contributed by atoms with Gasteiger partial charge in [0.1, 0.15) is 13.2 Å². The highest BCUT2D eigenvalue weighted by Gasteiger charge is 2.34. The number of carbonyl (C=O) groups excluding carboxylic acids is 2. The van der Waals surface area contributed by atoms with Crippen LogP contribution in [0.3, 0.4) is 0 Å². The average Bonchev–Trinajstić information content (AvgIpc) is 2.22. The smallest absolute Gasteiger partial charge is 0.315 e. The van der Waals surface area contributed by atoms with Crippen LogP contribution in [0.25, 0.3) is 0 Å². The molecule has 88 valence electrons. The monoisotopic (exact) mass is 218 g/mol. The minimum absolute atomic E-state index is 0.00307. The van der Waals surface area contributed by atoms with E-state index in [1.807, 2.05) is 6.92 Å². The van der Waals surface area contributed by atoms with Gasteiger partial charge in [-0.1, -0.05) is 6.92 Å². The van der Waals surface area contributed by atoms with Crippen LogP contribution < -0.4 is 0 Å². The molecule has 0 aliphatic carbocycles. The summed E-state index contributed by atoms with van der Waals surface area (Å²) in [7, 11) is 0. The summed E-state index contributed by atoms with van der Waals surface area (Å²) < 4.78 is 9.60. The van der Waals surface area contributed by atoms with Crippen LogP contribution in [0.1, 0.15) is 27.2 Å². The molecule has 0 aliphatic rings. The van der Waals surface area contributed by atoms with Crippen LogP contribution in [0.2, 0.25) is 0 Å². The van der Waals surface area contributed by atoms with Crippen LogP contribution in [0.5, 0.6) is 0 Å². The van der Waals surface area contributed by atoms with Crippen molar-refractivity contribution in [3.05, 3.63) is 0 Å². The zero-order valence-corrected chi connectivity index (χ0v) is 9.41. The lowest BCUT2D eigenvalue weighted by Gasteiger charge is -2.24. The molecule has 0 spiro atoms. The van der Waals surface area contributed by atoms with Gasteiger partial charge >= 0.3 is 11.9 Å². The standard InChI is InChI=1S/C10H18O5/c1-4-10(3,7-15-8(2)12)9(13)14-6-5-11/h11H,4-7H2,1-3H3. The minimum Gasteiger partial charge on any atom is -0.465 e. The fraction of sp³-hybridized carbons (Fsp3) is 0.800. The van der Waals surface area contributed by atoms with Crippen molar-refractivity contribution in [3.8, 4) is 0 Å². The molecule has 0 bridgehead atoms. The van der Waals surface area contributed by atoms with Gasteiger partial charge in [0.25, 0.3) is 0 Å². The Morgan fingerprint density at radius 1 is 1.33 bits per heavy atom. The minimum atomic E-state index is -0.832. The molecule has 0 rings (SSSR count). The topological polar surface area (TPSA) is 72.8 Å². The van der Waals surface area contributed by atoms with Crippen LogP contribution in [-0.4, -0.2) is 36.9 Å². The highest BCUT2D eigenvalue weighted by atomic mass is 16.6.